The van der Waals surface area contributed by atoms with Crippen molar-refractivity contribution in [1.29, 1.82) is 0 Å². The van der Waals surface area contributed by atoms with Crippen LogP contribution in [-0.2, 0) is 10.2 Å². The Kier molecular flexibility index (Phi) is 4.70. The Morgan fingerprint density at radius 1 is 1.15 bits per heavy atom. The van der Waals surface area contributed by atoms with Crippen LogP contribution in [0.3, 0.4) is 0 Å². The summed E-state index contributed by atoms with van der Waals surface area (Å²) in [7, 11) is 0. The number of rotatable bonds is 5. The smallest absolute Gasteiger partial charge is 0.304 e. The minimum Gasteiger partial charge on any atom is -0.481 e. The van der Waals surface area contributed by atoms with Gasteiger partial charge in [0.15, 0.2) is 5.82 Å². The Balaban J connectivity index is 1.76. The molecule has 0 atom stereocenters. The first kappa shape index (κ1) is 17.9. The molecule has 2 aromatic heterocycles. The number of nitrogens with one attached hydrogen (secondary N) is 1. The lowest BCUT2D eigenvalue weighted by Gasteiger charge is -2.23. The number of carbonyl (C=O) groups is 2. The van der Waals surface area contributed by atoms with E-state index in [-0.39, 0.29) is 12.3 Å². The molecule has 2 heterocycles. The van der Waals surface area contributed by atoms with Gasteiger partial charge in [0.25, 0.3) is 5.91 Å². The van der Waals surface area contributed by atoms with Crippen LogP contribution in [0.4, 0.5) is 5.82 Å². The molecule has 7 heteroatoms. The number of carbonyl (C=O) groups excluding carboxylic acids is 1. The van der Waals surface area contributed by atoms with Crippen molar-refractivity contribution in [3.63, 3.8) is 0 Å². The van der Waals surface area contributed by atoms with Crippen molar-refractivity contribution in [2.75, 3.05) is 5.32 Å². The molecule has 0 saturated heterocycles. The van der Waals surface area contributed by atoms with Crippen molar-refractivity contribution >= 4 is 34.9 Å². The summed E-state index contributed by atoms with van der Waals surface area (Å²) in [6.07, 6.45) is 3.41. The largest absolute Gasteiger partial charge is 0.481 e. The summed E-state index contributed by atoms with van der Waals surface area (Å²) in [6, 6.07) is 10.4. The minimum atomic E-state index is -0.858. The van der Waals surface area contributed by atoms with Gasteiger partial charge in [-0.25, -0.2) is 4.98 Å². The van der Waals surface area contributed by atoms with Crippen molar-refractivity contribution in [2.24, 2.45) is 0 Å². The molecule has 1 amide bonds. The van der Waals surface area contributed by atoms with E-state index in [1.807, 2.05) is 13.8 Å². The van der Waals surface area contributed by atoms with Gasteiger partial charge in [-0.1, -0.05) is 37.6 Å². The number of carboxylic acid groups (broad SMARTS) is 1. The fourth-order valence-corrected chi connectivity index (χ4v) is 2.93. The first-order valence-corrected chi connectivity index (χ1v) is 8.40. The second-order valence-corrected chi connectivity index (χ2v) is 7.16. The van der Waals surface area contributed by atoms with E-state index in [4.69, 9.17) is 16.7 Å². The van der Waals surface area contributed by atoms with E-state index >= 15 is 0 Å². The van der Waals surface area contributed by atoms with Gasteiger partial charge in [-0.15, -0.1) is 0 Å². The van der Waals surface area contributed by atoms with E-state index in [1.54, 1.807) is 53.2 Å². The molecule has 134 valence electrons. The summed E-state index contributed by atoms with van der Waals surface area (Å²) >= 11 is 5.94. The van der Waals surface area contributed by atoms with Crippen molar-refractivity contribution in [1.82, 2.24) is 9.38 Å². The van der Waals surface area contributed by atoms with Crippen LogP contribution in [0.1, 0.15) is 36.2 Å². The first-order chi connectivity index (χ1) is 12.2. The number of halogens is 1. The van der Waals surface area contributed by atoms with E-state index in [9.17, 15) is 9.59 Å². The number of pyridine rings is 1. The summed E-state index contributed by atoms with van der Waals surface area (Å²) in [5, 5.41) is 12.3. The Morgan fingerprint density at radius 3 is 2.50 bits per heavy atom. The quantitative estimate of drug-likeness (QED) is 0.710. The van der Waals surface area contributed by atoms with E-state index in [0.29, 0.717) is 22.1 Å². The maximum atomic E-state index is 12.4. The molecule has 0 radical (unpaired) electrons. The van der Waals surface area contributed by atoms with E-state index in [2.05, 4.69) is 10.3 Å². The van der Waals surface area contributed by atoms with Gasteiger partial charge in [0.1, 0.15) is 5.65 Å². The highest BCUT2D eigenvalue weighted by Crippen LogP contribution is 2.27. The topological polar surface area (TPSA) is 83.7 Å². The number of aliphatic carboxylic acids is 1. The van der Waals surface area contributed by atoms with Gasteiger partial charge in [0, 0.05) is 17.2 Å². The van der Waals surface area contributed by atoms with Gasteiger partial charge in [-0.05, 0) is 29.8 Å². The molecule has 3 rings (SSSR count). The molecule has 1 aromatic carbocycles. The van der Waals surface area contributed by atoms with Crippen LogP contribution in [0, 0.1) is 0 Å². The average molecular weight is 372 g/mol. The lowest BCUT2D eigenvalue weighted by atomic mass is 9.81. The summed E-state index contributed by atoms with van der Waals surface area (Å²) in [5.74, 6) is -0.724. The third-order valence-electron chi connectivity index (χ3n) is 4.18. The number of aromatic nitrogens is 2. The van der Waals surface area contributed by atoms with Crippen LogP contribution in [0.2, 0.25) is 5.02 Å². The SMILES string of the molecule is CC(C)(CC(=O)O)c1ccc(C(=O)Nc2cn3cc(Cl)ccc3n2)cc1. The van der Waals surface area contributed by atoms with Crippen molar-refractivity contribution < 1.29 is 14.7 Å². The molecule has 0 bridgehead atoms. The van der Waals surface area contributed by atoms with E-state index in [0.717, 1.165) is 5.56 Å². The van der Waals surface area contributed by atoms with Crippen LogP contribution in [-0.4, -0.2) is 26.4 Å². The molecule has 0 saturated carbocycles. The monoisotopic (exact) mass is 371 g/mol. The number of benzene rings is 1. The number of hydrogen-bond donors (Lipinski definition) is 2. The Labute approximate surface area is 155 Å². The van der Waals surface area contributed by atoms with Gasteiger partial charge < -0.3 is 14.8 Å². The van der Waals surface area contributed by atoms with Crippen molar-refractivity contribution in [3.05, 3.63) is 64.9 Å². The lowest BCUT2D eigenvalue weighted by Crippen LogP contribution is -2.22. The number of anilines is 1. The molecule has 0 unspecified atom stereocenters. The van der Waals surface area contributed by atoms with Gasteiger partial charge in [0.2, 0.25) is 0 Å². The highest BCUT2D eigenvalue weighted by atomic mass is 35.5. The van der Waals surface area contributed by atoms with Gasteiger partial charge in [-0.3, -0.25) is 9.59 Å². The molecule has 3 aromatic rings. The molecule has 0 spiro atoms. The number of nitrogens with zero attached hydrogens (tertiary/aromatic N) is 2. The second kappa shape index (κ2) is 6.80. The molecule has 26 heavy (non-hydrogen) atoms. The fraction of sp³-hybridized carbons (Fsp3) is 0.211. The number of imidazole rings is 1. The Hall–Kier alpha value is -2.86. The van der Waals surface area contributed by atoms with Crippen LogP contribution in [0.5, 0.6) is 0 Å². The molecule has 2 N–H and O–H groups in total. The van der Waals surface area contributed by atoms with Gasteiger partial charge in [-0.2, -0.15) is 0 Å². The number of fused-ring (bicyclic) bond motifs is 1. The Bertz CT molecular complexity index is 977. The summed E-state index contributed by atoms with van der Waals surface area (Å²) in [6.45, 7) is 3.72. The standard InChI is InChI=1S/C19H18ClN3O3/c1-19(2,9-17(24)25)13-5-3-12(4-6-13)18(26)22-15-11-23-10-14(20)7-8-16(23)21-15/h3-8,10-11H,9H2,1-2H3,(H,22,26)(H,24,25). The zero-order valence-corrected chi connectivity index (χ0v) is 15.1. The van der Waals surface area contributed by atoms with E-state index < -0.39 is 11.4 Å². The summed E-state index contributed by atoms with van der Waals surface area (Å²) < 4.78 is 1.73. The zero-order valence-electron chi connectivity index (χ0n) is 14.4. The van der Waals surface area contributed by atoms with Crippen molar-refractivity contribution in [3.8, 4) is 0 Å². The fourth-order valence-electron chi connectivity index (χ4n) is 2.77. The maximum absolute atomic E-state index is 12.4. The highest BCUT2D eigenvalue weighted by molar-refractivity contribution is 6.30. The molecular weight excluding hydrogens is 354 g/mol. The van der Waals surface area contributed by atoms with Crippen molar-refractivity contribution in [2.45, 2.75) is 25.7 Å². The average Bonchev–Trinajstić information content (AvgIpc) is 2.95. The summed E-state index contributed by atoms with van der Waals surface area (Å²) in [4.78, 5) is 27.7. The molecule has 0 aliphatic carbocycles. The molecular formula is C19H18ClN3O3. The van der Waals surface area contributed by atoms with E-state index in [1.165, 1.54) is 0 Å². The number of amides is 1. The van der Waals surface area contributed by atoms with Crippen LogP contribution in [0.25, 0.3) is 5.65 Å². The molecule has 6 nitrogen and oxygen atoms in total. The highest BCUT2D eigenvalue weighted by Gasteiger charge is 2.24. The third kappa shape index (κ3) is 3.86. The van der Waals surface area contributed by atoms with Crippen LogP contribution < -0.4 is 5.32 Å². The first-order valence-electron chi connectivity index (χ1n) is 8.02. The maximum Gasteiger partial charge on any atom is 0.304 e. The predicted octanol–water partition coefficient (Wildman–Crippen LogP) is 3.99. The van der Waals surface area contributed by atoms with Gasteiger partial charge >= 0.3 is 5.97 Å². The third-order valence-corrected chi connectivity index (χ3v) is 4.40. The lowest BCUT2D eigenvalue weighted by molar-refractivity contribution is -0.138. The molecule has 0 fully saturated rings. The predicted molar refractivity (Wildman–Crippen MR) is 99.9 cm³/mol. The van der Waals surface area contributed by atoms with Gasteiger partial charge in [0.05, 0.1) is 17.6 Å². The number of hydrogen-bond acceptors (Lipinski definition) is 3. The van der Waals surface area contributed by atoms with Crippen LogP contribution in [0.15, 0.2) is 48.8 Å². The summed E-state index contributed by atoms with van der Waals surface area (Å²) in [5.41, 5.74) is 1.49. The second-order valence-electron chi connectivity index (χ2n) is 6.72. The normalized spacial score (nSPS) is 11.5. The van der Waals surface area contributed by atoms with Crippen LogP contribution >= 0.6 is 11.6 Å². The zero-order chi connectivity index (χ0) is 18.9. The Morgan fingerprint density at radius 2 is 1.85 bits per heavy atom. The minimum absolute atomic E-state index is 0.0162. The molecule has 0 aliphatic rings. The molecule has 0 aliphatic heterocycles. The number of carboxylic acids is 1.